The first-order chi connectivity index (χ1) is 11.3. The van der Waals surface area contributed by atoms with Crippen LogP contribution in [0.4, 0.5) is 17.6 Å². The Bertz CT molecular complexity index is 733. The number of aromatic nitrogens is 3. The summed E-state index contributed by atoms with van der Waals surface area (Å²) in [4.78, 5) is 23.2. The molecule has 1 aromatic carbocycles. The summed E-state index contributed by atoms with van der Waals surface area (Å²) in [6, 6.07) is 6.76. The summed E-state index contributed by atoms with van der Waals surface area (Å²) in [6.45, 7) is -1.69. The average molecular weight is 347 g/mol. The van der Waals surface area contributed by atoms with Crippen molar-refractivity contribution in [2.75, 3.05) is 6.61 Å². The van der Waals surface area contributed by atoms with Crippen molar-refractivity contribution in [3.63, 3.8) is 0 Å². The lowest BCUT2D eigenvalue weighted by molar-refractivity contribution is -0.179. The fourth-order valence-corrected chi connectivity index (χ4v) is 1.85. The maximum absolute atomic E-state index is 12.6. The Hall–Kier alpha value is -2.52. The largest absolute Gasteiger partial charge is 0.459 e. The number of nitrogens with zero attached hydrogens (tertiary/aromatic N) is 3. The molecule has 0 radical (unpaired) electrons. The molecule has 0 atom stereocenters. The molecule has 0 spiro atoms. The third kappa shape index (κ3) is 4.27. The van der Waals surface area contributed by atoms with Crippen LogP contribution in [-0.2, 0) is 9.53 Å². The molecule has 0 saturated heterocycles. The highest BCUT2D eigenvalue weighted by molar-refractivity contribution is 5.88. The second-order valence-electron chi connectivity index (χ2n) is 4.96. The van der Waals surface area contributed by atoms with E-state index in [0.717, 1.165) is 4.68 Å². The number of hydrogen-bond donors (Lipinski definition) is 0. The van der Waals surface area contributed by atoms with Gasteiger partial charge in [0.05, 0.1) is 5.52 Å². The summed E-state index contributed by atoms with van der Waals surface area (Å²) in [5, 5.41) is 7.50. The summed E-state index contributed by atoms with van der Waals surface area (Å²) >= 11 is 0. The normalized spacial score (nSPS) is 11.9. The van der Waals surface area contributed by atoms with Crippen LogP contribution in [0.1, 0.15) is 24.1 Å². The highest BCUT2D eigenvalue weighted by atomic mass is 19.3. The third-order valence-electron chi connectivity index (χ3n) is 3.10. The Morgan fingerprint density at radius 1 is 1.21 bits per heavy atom. The maximum Gasteiger partial charge on any atom is 0.340 e. The fourth-order valence-electron chi connectivity index (χ4n) is 1.85. The van der Waals surface area contributed by atoms with Gasteiger partial charge in [0.15, 0.2) is 6.61 Å². The van der Waals surface area contributed by atoms with Crippen LogP contribution in [0.2, 0.25) is 0 Å². The molecule has 0 aliphatic heterocycles. The lowest BCUT2D eigenvalue weighted by Gasteiger charge is -2.14. The molecule has 0 aliphatic rings. The van der Waals surface area contributed by atoms with Gasteiger partial charge in [0.2, 0.25) is 5.91 Å². The zero-order valence-electron chi connectivity index (χ0n) is 12.3. The summed E-state index contributed by atoms with van der Waals surface area (Å²) in [5.41, 5.74) is 1.03. The van der Waals surface area contributed by atoms with E-state index in [4.69, 9.17) is 0 Å². The molecule has 0 N–H and O–H groups in total. The zero-order valence-corrected chi connectivity index (χ0v) is 12.3. The van der Waals surface area contributed by atoms with Gasteiger partial charge in [0.25, 0.3) is 0 Å². The van der Waals surface area contributed by atoms with Crippen molar-refractivity contribution in [2.24, 2.45) is 0 Å². The summed E-state index contributed by atoms with van der Waals surface area (Å²) < 4.78 is 54.2. The van der Waals surface area contributed by atoms with E-state index in [0.29, 0.717) is 11.0 Å². The van der Waals surface area contributed by atoms with Crippen LogP contribution in [0, 0.1) is 0 Å². The molecule has 6 nitrogen and oxygen atoms in total. The maximum atomic E-state index is 12.6. The Kier molecular flexibility index (Phi) is 5.47. The summed E-state index contributed by atoms with van der Waals surface area (Å²) in [7, 11) is 0. The smallest absolute Gasteiger partial charge is 0.340 e. The second kappa shape index (κ2) is 7.37. The number of hydrogen-bond acceptors (Lipinski definition) is 5. The van der Waals surface area contributed by atoms with Gasteiger partial charge in [0, 0.05) is 12.8 Å². The number of carbonyl (C=O) groups excluding carboxylic acids is 2. The number of fused-ring (bicyclic) bond motifs is 1. The van der Waals surface area contributed by atoms with E-state index in [1.807, 2.05) is 0 Å². The van der Waals surface area contributed by atoms with Gasteiger partial charge in [-0.2, -0.15) is 13.5 Å². The number of para-hydroxylation sites is 1. The van der Waals surface area contributed by atoms with Crippen LogP contribution < -0.4 is 0 Å². The topological polar surface area (TPSA) is 74.1 Å². The molecule has 130 valence electrons. The quantitative estimate of drug-likeness (QED) is 0.569. The molecule has 24 heavy (non-hydrogen) atoms. The van der Waals surface area contributed by atoms with E-state index in [1.165, 1.54) is 0 Å². The first kappa shape index (κ1) is 17.8. The molecule has 1 heterocycles. The highest BCUT2D eigenvalue weighted by Gasteiger charge is 2.42. The van der Waals surface area contributed by atoms with Gasteiger partial charge >= 0.3 is 18.3 Å². The first-order valence-corrected chi connectivity index (χ1v) is 6.96. The van der Waals surface area contributed by atoms with Crippen molar-refractivity contribution < 1.29 is 31.9 Å². The predicted molar refractivity (Wildman–Crippen MR) is 73.9 cm³/mol. The third-order valence-corrected chi connectivity index (χ3v) is 3.10. The van der Waals surface area contributed by atoms with Crippen LogP contribution in [0.15, 0.2) is 24.3 Å². The van der Waals surface area contributed by atoms with Crippen molar-refractivity contribution in [1.29, 1.82) is 0 Å². The average Bonchev–Trinajstić information content (AvgIpc) is 2.97. The van der Waals surface area contributed by atoms with Crippen LogP contribution in [0.25, 0.3) is 11.0 Å². The minimum Gasteiger partial charge on any atom is -0.459 e. The fraction of sp³-hybridized carbons (Fsp3) is 0.429. The lowest BCUT2D eigenvalue weighted by atomic mass is 10.2. The van der Waals surface area contributed by atoms with Crippen molar-refractivity contribution >= 4 is 22.9 Å². The second-order valence-corrected chi connectivity index (χ2v) is 4.96. The molecular formula is C14H13F4N3O3. The molecule has 0 bridgehead atoms. The Balaban J connectivity index is 1.79. The molecule has 1 aromatic heterocycles. The number of rotatable bonds is 7. The summed E-state index contributed by atoms with van der Waals surface area (Å²) in [6.07, 6.45) is -4.36. The van der Waals surface area contributed by atoms with Crippen LogP contribution in [0.5, 0.6) is 0 Å². The van der Waals surface area contributed by atoms with Gasteiger partial charge in [-0.25, -0.2) is 8.78 Å². The van der Waals surface area contributed by atoms with Crippen molar-refractivity contribution in [2.45, 2.75) is 31.6 Å². The standard InChI is InChI=1S/C14H13F4N3O3/c15-13(16)14(17,18)8-24-12(23)7-3-6-11(22)21-10-5-2-1-4-9(10)19-20-21/h1-2,4-5,13H,3,6-8H2. The molecule has 0 aliphatic carbocycles. The predicted octanol–water partition coefficient (Wildman–Crippen LogP) is 2.69. The van der Waals surface area contributed by atoms with Gasteiger partial charge in [0.1, 0.15) is 5.52 Å². The first-order valence-electron chi connectivity index (χ1n) is 6.96. The molecule has 2 rings (SSSR count). The van der Waals surface area contributed by atoms with Crippen LogP contribution in [-0.4, -0.2) is 45.8 Å². The van der Waals surface area contributed by atoms with Crippen molar-refractivity contribution in [3.8, 4) is 0 Å². The van der Waals surface area contributed by atoms with E-state index in [-0.39, 0.29) is 19.3 Å². The van der Waals surface area contributed by atoms with E-state index in [1.54, 1.807) is 24.3 Å². The van der Waals surface area contributed by atoms with Crippen molar-refractivity contribution in [3.05, 3.63) is 24.3 Å². The Labute approximate surface area is 133 Å². The van der Waals surface area contributed by atoms with Gasteiger partial charge < -0.3 is 4.74 Å². The number of carbonyl (C=O) groups is 2. The zero-order chi connectivity index (χ0) is 17.7. The molecular weight excluding hydrogens is 334 g/mol. The minimum absolute atomic E-state index is 0.00606. The minimum atomic E-state index is -4.38. The van der Waals surface area contributed by atoms with Crippen molar-refractivity contribution in [1.82, 2.24) is 15.0 Å². The number of halogens is 4. The van der Waals surface area contributed by atoms with E-state index in [2.05, 4.69) is 15.0 Å². The lowest BCUT2D eigenvalue weighted by Crippen LogP contribution is -2.33. The number of alkyl halides is 4. The van der Waals surface area contributed by atoms with Crippen LogP contribution in [0.3, 0.4) is 0 Å². The van der Waals surface area contributed by atoms with Gasteiger partial charge in [-0.3, -0.25) is 9.59 Å². The molecule has 0 fully saturated rings. The van der Waals surface area contributed by atoms with E-state index >= 15 is 0 Å². The Morgan fingerprint density at radius 3 is 2.62 bits per heavy atom. The molecule has 0 saturated carbocycles. The van der Waals surface area contributed by atoms with E-state index < -0.39 is 30.8 Å². The molecule has 2 aromatic rings. The van der Waals surface area contributed by atoms with Gasteiger partial charge in [-0.05, 0) is 18.6 Å². The van der Waals surface area contributed by atoms with E-state index in [9.17, 15) is 27.2 Å². The monoisotopic (exact) mass is 347 g/mol. The SMILES string of the molecule is O=C(CCCC(=O)n1nnc2ccccc21)OCC(F)(F)C(F)F. The highest BCUT2D eigenvalue weighted by Crippen LogP contribution is 2.23. The number of esters is 1. The molecule has 0 unspecified atom stereocenters. The number of benzene rings is 1. The Morgan fingerprint density at radius 2 is 1.92 bits per heavy atom. The molecule has 10 heteroatoms. The van der Waals surface area contributed by atoms with Gasteiger partial charge in [-0.15, -0.1) is 5.10 Å². The molecule has 0 amide bonds. The van der Waals surface area contributed by atoms with Gasteiger partial charge in [-0.1, -0.05) is 17.3 Å². The number of ether oxygens (including phenoxy) is 1. The van der Waals surface area contributed by atoms with Crippen LogP contribution >= 0.6 is 0 Å². The summed E-state index contributed by atoms with van der Waals surface area (Å²) in [5.74, 6) is -5.90.